The molecule has 0 radical (unpaired) electrons. The Labute approximate surface area is 194 Å². The topological polar surface area (TPSA) is 50.6 Å². The zero-order valence-corrected chi connectivity index (χ0v) is 18.6. The van der Waals surface area contributed by atoms with Crippen molar-refractivity contribution in [1.29, 1.82) is 0 Å². The van der Waals surface area contributed by atoms with Crippen LogP contribution in [0.4, 0.5) is 18.9 Å². The van der Waals surface area contributed by atoms with Crippen molar-refractivity contribution < 1.29 is 22.7 Å². The Balaban J connectivity index is 1.57. The predicted octanol–water partition coefficient (Wildman–Crippen LogP) is 4.91. The molecule has 33 heavy (non-hydrogen) atoms. The van der Waals surface area contributed by atoms with Gasteiger partial charge in [-0.15, -0.1) is 0 Å². The van der Waals surface area contributed by atoms with Gasteiger partial charge in [-0.1, -0.05) is 17.7 Å². The Morgan fingerprint density at radius 1 is 1.03 bits per heavy atom. The van der Waals surface area contributed by atoms with Crippen molar-refractivity contribution in [2.75, 3.05) is 38.2 Å². The van der Waals surface area contributed by atoms with Gasteiger partial charge in [0.2, 0.25) is 0 Å². The fourth-order valence-electron chi connectivity index (χ4n) is 3.92. The van der Waals surface area contributed by atoms with E-state index in [2.05, 4.69) is 10.00 Å². The highest BCUT2D eigenvalue weighted by Crippen LogP contribution is 2.35. The van der Waals surface area contributed by atoms with Crippen LogP contribution in [-0.4, -0.2) is 53.9 Å². The Hall–Kier alpha value is -3.20. The average molecular weight is 479 g/mol. The second-order valence-electron chi connectivity index (χ2n) is 7.63. The predicted molar refractivity (Wildman–Crippen MR) is 119 cm³/mol. The Morgan fingerprint density at radius 2 is 1.79 bits per heavy atom. The standard InChI is InChI=1S/C23H22ClF3N4O2/c1-33-19-8-6-17(7-9-19)29-10-3-11-30(13-12-29)22(32)20-15-28-31(21(20)23(25,26)27)18-5-2-4-16(24)14-18/h2,4-9,14-15H,3,10-13H2,1H3. The molecule has 6 nitrogen and oxygen atoms in total. The maximum atomic E-state index is 14.0. The van der Waals surface area contributed by atoms with Crippen molar-refractivity contribution in [1.82, 2.24) is 14.7 Å². The first-order chi connectivity index (χ1) is 15.8. The molecule has 1 aromatic heterocycles. The number of amides is 1. The molecule has 1 fully saturated rings. The molecule has 2 aromatic carbocycles. The van der Waals surface area contributed by atoms with Crippen molar-refractivity contribution >= 4 is 23.2 Å². The van der Waals surface area contributed by atoms with Crippen LogP contribution in [0.25, 0.3) is 5.69 Å². The van der Waals surface area contributed by atoms with E-state index >= 15 is 0 Å². The van der Waals surface area contributed by atoms with Crippen molar-refractivity contribution in [2.45, 2.75) is 12.6 Å². The molecule has 0 bridgehead atoms. The summed E-state index contributed by atoms with van der Waals surface area (Å²) in [7, 11) is 1.59. The van der Waals surface area contributed by atoms with Crippen molar-refractivity contribution in [3.63, 3.8) is 0 Å². The summed E-state index contributed by atoms with van der Waals surface area (Å²) in [6, 6.07) is 13.5. The number of nitrogens with zero attached hydrogens (tertiary/aromatic N) is 4. The summed E-state index contributed by atoms with van der Waals surface area (Å²) in [6.07, 6.45) is -3.16. The molecule has 1 amide bonds. The number of anilines is 1. The third-order valence-corrected chi connectivity index (χ3v) is 5.78. The summed E-state index contributed by atoms with van der Waals surface area (Å²) in [5.74, 6) is 0.0500. The van der Waals surface area contributed by atoms with Gasteiger partial charge >= 0.3 is 6.18 Å². The molecular formula is C23H22ClF3N4O2. The molecule has 0 aliphatic carbocycles. The first-order valence-corrected chi connectivity index (χ1v) is 10.7. The Kier molecular flexibility index (Phi) is 6.51. The summed E-state index contributed by atoms with van der Waals surface area (Å²) in [5, 5.41) is 4.15. The van der Waals surface area contributed by atoms with Gasteiger partial charge in [0, 0.05) is 36.9 Å². The van der Waals surface area contributed by atoms with E-state index in [9.17, 15) is 18.0 Å². The molecule has 0 unspecified atom stereocenters. The molecule has 0 spiro atoms. The minimum absolute atomic E-state index is 0.135. The molecule has 10 heteroatoms. The molecular weight excluding hydrogens is 457 g/mol. The van der Waals surface area contributed by atoms with E-state index in [4.69, 9.17) is 16.3 Å². The summed E-state index contributed by atoms with van der Waals surface area (Å²) in [4.78, 5) is 16.7. The van der Waals surface area contributed by atoms with Crippen LogP contribution in [0, 0.1) is 0 Å². The van der Waals surface area contributed by atoms with E-state index in [-0.39, 0.29) is 10.7 Å². The van der Waals surface area contributed by atoms with Crippen LogP contribution >= 0.6 is 11.6 Å². The number of alkyl halides is 3. The zero-order chi connectivity index (χ0) is 23.6. The second kappa shape index (κ2) is 9.35. The maximum absolute atomic E-state index is 14.0. The number of halogens is 4. The number of aromatic nitrogens is 2. The number of benzene rings is 2. The highest BCUT2D eigenvalue weighted by atomic mass is 35.5. The van der Waals surface area contributed by atoms with Gasteiger partial charge in [-0.3, -0.25) is 4.79 Å². The number of methoxy groups -OCH3 is 1. The number of hydrogen-bond donors (Lipinski definition) is 0. The number of carbonyl (C=O) groups is 1. The third-order valence-electron chi connectivity index (χ3n) is 5.54. The summed E-state index contributed by atoms with van der Waals surface area (Å²) in [6.45, 7) is 1.83. The van der Waals surface area contributed by atoms with Crippen molar-refractivity contribution in [2.24, 2.45) is 0 Å². The van der Waals surface area contributed by atoms with Gasteiger partial charge in [0.05, 0.1) is 24.6 Å². The van der Waals surface area contributed by atoms with Crippen LogP contribution in [0.5, 0.6) is 5.75 Å². The van der Waals surface area contributed by atoms with Crippen LogP contribution in [0.15, 0.2) is 54.7 Å². The quantitative estimate of drug-likeness (QED) is 0.535. The SMILES string of the molecule is COc1ccc(N2CCCN(C(=O)c3cnn(-c4cccc(Cl)c4)c3C(F)(F)F)CC2)cc1. The lowest BCUT2D eigenvalue weighted by Crippen LogP contribution is -2.36. The number of hydrogen-bond acceptors (Lipinski definition) is 4. The van der Waals surface area contributed by atoms with E-state index in [1.54, 1.807) is 13.2 Å². The van der Waals surface area contributed by atoms with E-state index < -0.39 is 23.3 Å². The Bertz CT molecular complexity index is 1130. The van der Waals surface area contributed by atoms with Gasteiger partial charge in [-0.2, -0.15) is 18.3 Å². The van der Waals surface area contributed by atoms with E-state index in [0.717, 1.165) is 22.3 Å². The summed E-state index contributed by atoms with van der Waals surface area (Å²) < 4.78 is 47.9. The minimum Gasteiger partial charge on any atom is -0.497 e. The normalized spacial score (nSPS) is 14.8. The number of ether oxygens (including phenoxy) is 1. The van der Waals surface area contributed by atoms with Crippen molar-refractivity contribution in [3.8, 4) is 11.4 Å². The number of rotatable bonds is 4. The molecule has 0 N–H and O–H groups in total. The monoisotopic (exact) mass is 478 g/mol. The lowest BCUT2D eigenvalue weighted by atomic mass is 10.2. The van der Waals surface area contributed by atoms with Crippen molar-refractivity contribution in [3.05, 3.63) is 71.0 Å². The van der Waals surface area contributed by atoms with Crippen LogP contribution in [0.1, 0.15) is 22.5 Å². The maximum Gasteiger partial charge on any atom is 0.434 e. The summed E-state index contributed by atoms with van der Waals surface area (Å²) >= 11 is 5.94. The van der Waals surface area contributed by atoms with E-state index in [0.29, 0.717) is 32.6 Å². The number of carbonyl (C=O) groups excluding carboxylic acids is 1. The lowest BCUT2D eigenvalue weighted by molar-refractivity contribution is -0.143. The largest absolute Gasteiger partial charge is 0.497 e. The van der Waals surface area contributed by atoms with Gasteiger partial charge in [0.25, 0.3) is 5.91 Å². The average Bonchev–Trinajstić information content (AvgIpc) is 3.11. The first kappa shape index (κ1) is 23.0. The fraction of sp³-hybridized carbons (Fsp3) is 0.304. The highest BCUT2D eigenvalue weighted by Gasteiger charge is 2.41. The fourth-order valence-corrected chi connectivity index (χ4v) is 4.11. The molecule has 4 rings (SSSR count). The first-order valence-electron chi connectivity index (χ1n) is 10.4. The molecule has 174 valence electrons. The van der Waals surface area contributed by atoms with Gasteiger partial charge in [-0.25, -0.2) is 4.68 Å². The second-order valence-corrected chi connectivity index (χ2v) is 8.06. The van der Waals surface area contributed by atoms with E-state index in [1.807, 2.05) is 24.3 Å². The molecule has 1 aliphatic heterocycles. The van der Waals surface area contributed by atoms with Gasteiger partial charge in [-0.05, 0) is 48.9 Å². The molecule has 3 aromatic rings. The molecule has 2 heterocycles. The van der Waals surface area contributed by atoms with Crippen LogP contribution < -0.4 is 9.64 Å². The zero-order valence-electron chi connectivity index (χ0n) is 17.8. The minimum atomic E-state index is -4.77. The van der Waals surface area contributed by atoms with Crippen LogP contribution in [0.3, 0.4) is 0 Å². The molecule has 0 saturated carbocycles. The molecule has 1 saturated heterocycles. The highest BCUT2D eigenvalue weighted by molar-refractivity contribution is 6.30. The van der Waals surface area contributed by atoms with Gasteiger partial charge in [0.15, 0.2) is 5.69 Å². The molecule has 0 atom stereocenters. The van der Waals surface area contributed by atoms with Crippen LogP contribution in [0.2, 0.25) is 5.02 Å². The summed E-state index contributed by atoms with van der Waals surface area (Å²) in [5.41, 5.74) is -0.475. The third kappa shape index (κ3) is 4.93. The van der Waals surface area contributed by atoms with Gasteiger partial charge in [0.1, 0.15) is 5.75 Å². The Morgan fingerprint density at radius 3 is 2.45 bits per heavy atom. The van der Waals surface area contributed by atoms with E-state index in [1.165, 1.54) is 23.1 Å². The smallest absolute Gasteiger partial charge is 0.434 e. The lowest BCUT2D eigenvalue weighted by Gasteiger charge is -2.24. The molecule has 1 aliphatic rings. The van der Waals surface area contributed by atoms with Gasteiger partial charge < -0.3 is 14.5 Å². The van der Waals surface area contributed by atoms with Crippen LogP contribution in [-0.2, 0) is 6.18 Å².